The molecule has 1 heterocycles. The number of nitrogens with one attached hydrogen (secondary N) is 1. The molecule has 3 rings (SSSR count). The first-order chi connectivity index (χ1) is 14.4. The van der Waals surface area contributed by atoms with Gasteiger partial charge in [0.05, 0.1) is 6.07 Å². The van der Waals surface area contributed by atoms with Crippen molar-refractivity contribution in [2.24, 2.45) is 0 Å². The molecule has 1 aliphatic heterocycles. The highest BCUT2D eigenvalue weighted by atomic mass is 32.2. The van der Waals surface area contributed by atoms with E-state index in [9.17, 15) is 5.26 Å². The number of thiocarbonyl (C=S) groups is 1. The molecule has 0 saturated carbocycles. The fourth-order valence-electron chi connectivity index (χ4n) is 3.85. The van der Waals surface area contributed by atoms with Crippen molar-refractivity contribution >= 4 is 28.3 Å². The van der Waals surface area contributed by atoms with Gasteiger partial charge in [-0.2, -0.15) is 5.26 Å². The summed E-state index contributed by atoms with van der Waals surface area (Å²) in [6.45, 7) is 10.5. The number of piperazine rings is 1. The Morgan fingerprint density at radius 1 is 1.00 bits per heavy atom. The van der Waals surface area contributed by atoms with E-state index in [1.165, 1.54) is 5.56 Å². The van der Waals surface area contributed by atoms with Crippen LogP contribution in [0.4, 0.5) is 0 Å². The van der Waals surface area contributed by atoms with Crippen LogP contribution in [0, 0.1) is 11.3 Å². The maximum absolute atomic E-state index is 10.4. The van der Waals surface area contributed by atoms with Gasteiger partial charge in [-0.3, -0.25) is 0 Å². The second-order valence-electron chi connectivity index (χ2n) is 8.81. The molecule has 5 heteroatoms. The van der Waals surface area contributed by atoms with Crippen LogP contribution in [-0.4, -0.2) is 41.2 Å². The first kappa shape index (κ1) is 22.8. The molecule has 1 atom stereocenters. The number of hydrogen-bond acceptors (Lipinski definition) is 4. The van der Waals surface area contributed by atoms with Gasteiger partial charge in [0.15, 0.2) is 0 Å². The maximum Gasteiger partial charge on any atom is 0.136 e. The lowest BCUT2D eigenvalue weighted by atomic mass is 9.73. The number of hydrogen-bond donors (Lipinski definition) is 1. The highest BCUT2D eigenvalue weighted by Crippen LogP contribution is 2.37. The van der Waals surface area contributed by atoms with E-state index in [1.807, 2.05) is 18.2 Å². The second-order valence-corrected chi connectivity index (χ2v) is 10.5. The van der Waals surface area contributed by atoms with E-state index in [2.05, 4.69) is 73.5 Å². The lowest BCUT2D eigenvalue weighted by Gasteiger charge is -2.31. The molecule has 0 bridgehead atoms. The van der Waals surface area contributed by atoms with Crippen molar-refractivity contribution in [2.45, 2.75) is 38.0 Å². The average Bonchev–Trinajstić information content (AvgIpc) is 2.77. The van der Waals surface area contributed by atoms with Crippen molar-refractivity contribution < 1.29 is 0 Å². The van der Waals surface area contributed by atoms with Gasteiger partial charge >= 0.3 is 0 Å². The SMILES string of the molecule is CC(C)(C)c1ccc(C(C#N)(CCSC(=S)N2CCNCC2)c2ccccc2)cc1. The fourth-order valence-corrected chi connectivity index (χ4v) is 5.23. The summed E-state index contributed by atoms with van der Waals surface area (Å²) in [5, 5.41) is 13.8. The lowest BCUT2D eigenvalue weighted by Crippen LogP contribution is -2.45. The molecular formula is C25H31N3S2. The number of benzene rings is 2. The monoisotopic (exact) mass is 437 g/mol. The molecule has 30 heavy (non-hydrogen) atoms. The van der Waals surface area contributed by atoms with Crippen LogP contribution in [-0.2, 0) is 10.8 Å². The minimum Gasteiger partial charge on any atom is -0.355 e. The van der Waals surface area contributed by atoms with Crippen molar-refractivity contribution in [2.75, 3.05) is 31.9 Å². The summed E-state index contributed by atoms with van der Waals surface area (Å²) in [4.78, 5) is 2.27. The van der Waals surface area contributed by atoms with Gasteiger partial charge in [-0.25, -0.2) is 0 Å². The largest absolute Gasteiger partial charge is 0.355 e. The summed E-state index contributed by atoms with van der Waals surface area (Å²) in [6, 6.07) is 21.5. The highest BCUT2D eigenvalue weighted by Gasteiger charge is 2.34. The standard InChI is InChI=1S/C25H31N3S2/c1-24(2,3)20-9-11-22(12-10-20)25(19-26,21-7-5-4-6-8-21)13-18-30-23(29)28-16-14-27-15-17-28/h4-12,27H,13-18H2,1-3H3. The maximum atomic E-state index is 10.4. The Kier molecular flexibility index (Phi) is 7.57. The Bertz CT molecular complexity index is 875. The van der Waals surface area contributed by atoms with Crippen molar-refractivity contribution in [3.63, 3.8) is 0 Å². The normalized spacial score (nSPS) is 16.5. The van der Waals surface area contributed by atoms with E-state index < -0.39 is 5.41 Å². The Balaban J connectivity index is 1.83. The van der Waals surface area contributed by atoms with E-state index >= 15 is 0 Å². The first-order valence-corrected chi connectivity index (χ1v) is 12.0. The zero-order chi connectivity index (χ0) is 21.6. The van der Waals surface area contributed by atoms with Crippen LogP contribution in [0.25, 0.3) is 0 Å². The zero-order valence-electron chi connectivity index (χ0n) is 18.1. The van der Waals surface area contributed by atoms with Gasteiger partial charge in [-0.1, -0.05) is 99.3 Å². The second kappa shape index (κ2) is 9.96. The molecule has 0 radical (unpaired) electrons. The van der Waals surface area contributed by atoms with Crippen LogP contribution >= 0.6 is 24.0 Å². The van der Waals surface area contributed by atoms with Gasteiger partial charge in [0.25, 0.3) is 0 Å². The lowest BCUT2D eigenvalue weighted by molar-refractivity contribution is 0.368. The number of nitrogens with zero attached hydrogens (tertiary/aromatic N) is 2. The van der Waals surface area contributed by atoms with Gasteiger partial charge in [0.1, 0.15) is 9.74 Å². The molecule has 0 spiro atoms. The summed E-state index contributed by atoms with van der Waals surface area (Å²) in [5.41, 5.74) is 2.79. The Hall–Kier alpha value is -1.87. The van der Waals surface area contributed by atoms with Crippen LogP contribution in [0.1, 0.15) is 43.9 Å². The van der Waals surface area contributed by atoms with E-state index in [0.717, 1.165) is 53.8 Å². The van der Waals surface area contributed by atoms with Gasteiger partial charge in [0, 0.05) is 31.9 Å². The smallest absolute Gasteiger partial charge is 0.136 e. The zero-order valence-corrected chi connectivity index (χ0v) is 19.8. The summed E-state index contributed by atoms with van der Waals surface area (Å²) >= 11 is 7.37. The van der Waals surface area contributed by atoms with Gasteiger partial charge in [0.2, 0.25) is 0 Å². The number of nitriles is 1. The third kappa shape index (κ3) is 5.24. The van der Waals surface area contributed by atoms with E-state index in [0.29, 0.717) is 0 Å². The third-order valence-corrected chi connectivity index (χ3v) is 7.30. The minimum absolute atomic E-state index is 0.0892. The molecule has 1 unspecified atom stereocenters. The average molecular weight is 438 g/mol. The first-order valence-electron chi connectivity index (χ1n) is 10.6. The topological polar surface area (TPSA) is 39.1 Å². The van der Waals surface area contributed by atoms with Gasteiger partial charge in [-0.05, 0) is 28.5 Å². The Labute approximate surface area is 190 Å². The molecule has 0 aliphatic carbocycles. The van der Waals surface area contributed by atoms with Crippen LogP contribution in [0.3, 0.4) is 0 Å². The fraction of sp³-hybridized carbons (Fsp3) is 0.440. The quantitative estimate of drug-likeness (QED) is 0.658. The number of thioether (sulfide) groups is 1. The molecule has 2 aromatic rings. The molecule has 1 fully saturated rings. The highest BCUT2D eigenvalue weighted by molar-refractivity contribution is 8.22. The molecule has 2 aromatic carbocycles. The van der Waals surface area contributed by atoms with Gasteiger partial charge in [-0.15, -0.1) is 0 Å². The predicted octanol–water partition coefficient (Wildman–Crippen LogP) is 5.11. The van der Waals surface area contributed by atoms with Crippen LogP contribution in [0.5, 0.6) is 0 Å². The number of rotatable bonds is 5. The molecule has 1 saturated heterocycles. The molecule has 0 amide bonds. The molecule has 0 aromatic heterocycles. The molecule has 3 nitrogen and oxygen atoms in total. The van der Waals surface area contributed by atoms with E-state index in [4.69, 9.17) is 12.2 Å². The minimum atomic E-state index is -0.677. The Morgan fingerprint density at radius 3 is 2.13 bits per heavy atom. The van der Waals surface area contributed by atoms with Crippen molar-refractivity contribution in [3.05, 3.63) is 71.3 Å². The Morgan fingerprint density at radius 2 is 1.57 bits per heavy atom. The molecular weight excluding hydrogens is 406 g/mol. The molecule has 1 N–H and O–H groups in total. The third-order valence-electron chi connectivity index (χ3n) is 5.78. The van der Waals surface area contributed by atoms with Crippen LogP contribution < -0.4 is 5.32 Å². The van der Waals surface area contributed by atoms with Crippen LogP contribution in [0.2, 0.25) is 0 Å². The van der Waals surface area contributed by atoms with Crippen molar-refractivity contribution in [1.29, 1.82) is 5.26 Å². The van der Waals surface area contributed by atoms with E-state index in [-0.39, 0.29) is 5.41 Å². The summed E-state index contributed by atoms with van der Waals surface area (Å²) < 4.78 is 0.944. The van der Waals surface area contributed by atoms with Gasteiger partial charge < -0.3 is 10.2 Å². The summed E-state index contributed by atoms with van der Waals surface area (Å²) in [5.74, 6) is 0.812. The molecule has 158 valence electrons. The summed E-state index contributed by atoms with van der Waals surface area (Å²) in [7, 11) is 0. The summed E-state index contributed by atoms with van der Waals surface area (Å²) in [6.07, 6.45) is 0.722. The predicted molar refractivity (Wildman–Crippen MR) is 132 cm³/mol. The van der Waals surface area contributed by atoms with E-state index in [1.54, 1.807) is 11.8 Å². The van der Waals surface area contributed by atoms with Crippen molar-refractivity contribution in [1.82, 2.24) is 10.2 Å². The van der Waals surface area contributed by atoms with Crippen LogP contribution in [0.15, 0.2) is 54.6 Å². The molecule has 1 aliphatic rings. The van der Waals surface area contributed by atoms with Crippen molar-refractivity contribution in [3.8, 4) is 6.07 Å².